The van der Waals surface area contributed by atoms with Crippen molar-refractivity contribution in [2.24, 2.45) is 0 Å². The van der Waals surface area contributed by atoms with Gasteiger partial charge in [0.25, 0.3) is 0 Å². The molecule has 3 unspecified atom stereocenters. The third kappa shape index (κ3) is 49.0. The van der Waals surface area contributed by atoms with Crippen molar-refractivity contribution < 1.29 is 47.8 Å². The molecule has 0 saturated heterocycles. The van der Waals surface area contributed by atoms with E-state index in [0.29, 0.717) is 12.8 Å². The monoisotopic (exact) mass is 945 g/mol. The summed E-state index contributed by atoms with van der Waals surface area (Å²) in [6.07, 6.45) is 53.3. The van der Waals surface area contributed by atoms with Crippen molar-refractivity contribution in [1.29, 1.82) is 0 Å². The van der Waals surface area contributed by atoms with Crippen LogP contribution in [0, 0.1) is 0 Å². The summed E-state index contributed by atoms with van der Waals surface area (Å²) in [6, 6.07) is 0. The molecule has 0 spiro atoms. The molecule has 0 fully saturated rings. The van der Waals surface area contributed by atoms with Crippen LogP contribution in [0.25, 0.3) is 0 Å². The first-order valence-electron chi connectivity index (χ1n) is 27.6. The van der Waals surface area contributed by atoms with Crippen molar-refractivity contribution in [2.45, 2.75) is 296 Å². The highest BCUT2D eigenvalue weighted by molar-refractivity contribution is 7.47. The van der Waals surface area contributed by atoms with E-state index in [9.17, 15) is 29.3 Å². The first-order valence-corrected chi connectivity index (χ1v) is 29.1. The van der Waals surface area contributed by atoms with Gasteiger partial charge in [0.1, 0.15) is 12.2 Å². The number of phosphoric ester groups is 1. The standard InChI is InChI=1S/C54H105O10P/c1-3-5-7-9-11-13-15-17-19-21-23-24-25-26-28-30-32-34-36-38-40-42-44-46-54(58)64-52(48-56)50-62-65(59,60)61-49-51(47-55)63-53(57)45-43-41-39-37-35-33-31-29-27-22-20-18-16-14-12-10-8-6-4-2/h21,23,51-52,55-56H,3-20,22,24-50H2,1-2H3,(H,59,60)/b23-21-. The smallest absolute Gasteiger partial charge is 0.457 e. The molecule has 0 saturated carbocycles. The predicted octanol–water partition coefficient (Wildman–Crippen LogP) is 15.9. The van der Waals surface area contributed by atoms with Crippen LogP contribution < -0.4 is 0 Å². The van der Waals surface area contributed by atoms with Gasteiger partial charge in [-0.05, 0) is 38.5 Å². The second kappa shape index (κ2) is 50.6. The molecule has 10 nitrogen and oxygen atoms in total. The molecule has 0 bridgehead atoms. The summed E-state index contributed by atoms with van der Waals surface area (Å²) in [5.74, 6) is -1.00. The van der Waals surface area contributed by atoms with Gasteiger partial charge in [0.15, 0.2) is 0 Å². The summed E-state index contributed by atoms with van der Waals surface area (Å²) in [5, 5.41) is 19.3. The molecule has 0 radical (unpaired) electrons. The Morgan fingerprint density at radius 3 is 0.877 bits per heavy atom. The molecule has 0 heterocycles. The molecule has 0 aromatic rings. The number of aliphatic hydroxyl groups excluding tert-OH is 2. The number of hydrogen-bond acceptors (Lipinski definition) is 9. The molecule has 0 aliphatic rings. The van der Waals surface area contributed by atoms with E-state index in [1.54, 1.807) is 0 Å². The molecule has 0 amide bonds. The van der Waals surface area contributed by atoms with Crippen LogP contribution in [-0.2, 0) is 32.7 Å². The van der Waals surface area contributed by atoms with Gasteiger partial charge in [-0.3, -0.25) is 18.6 Å². The van der Waals surface area contributed by atoms with Crippen LogP contribution in [0.1, 0.15) is 284 Å². The molecule has 386 valence electrons. The van der Waals surface area contributed by atoms with Crippen molar-refractivity contribution in [3.05, 3.63) is 12.2 Å². The summed E-state index contributed by atoms with van der Waals surface area (Å²) in [7, 11) is -4.64. The molecule has 0 aromatic heterocycles. The number of unbranched alkanes of at least 4 members (excludes halogenated alkanes) is 37. The van der Waals surface area contributed by atoms with Gasteiger partial charge in [-0.2, -0.15) is 0 Å². The number of carbonyl (C=O) groups excluding carboxylic acids is 2. The van der Waals surface area contributed by atoms with Crippen molar-refractivity contribution in [3.8, 4) is 0 Å². The fourth-order valence-corrected chi connectivity index (χ4v) is 9.02. The van der Waals surface area contributed by atoms with Crippen LogP contribution in [-0.4, -0.2) is 65.7 Å². The summed E-state index contributed by atoms with van der Waals surface area (Å²) in [6.45, 7) is 2.28. The Morgan fingerprint density at radius 2 is 0.631 bits per heavy atom. The second-order valence-corrected chi connectivity index (χ2v) is 20.4. The minimum Gasteiger partial charge on any atom is -0.457 e. The van der Waals surface area contributed by atoms with E-state index in [4.69, 9.17) is 18.5 Å². The Bertz CT molecular complexity index is 1090. The minimum absolute atomic E-state index is 0.196. The van der Waals surface area contributed by atoms with E-state index < -0.39 is 58.4 Å². The molecule has 65 heavy (non-hydrogen) atoms. The van der Waals surface area contributed by atoms with Gasteiger partial charge in [-0.15, -0.1) is 0 Å². The topological polar surface area (TPSA) is 149 Å². The van der Waals surface area contributed by atoms with E-state index in [-0.39, 0.29) is 12.8 Å². The number of allylic oxidation sites excluding steroid dienone is 2. The van der Waals surface area contributed by atoms with Gasteiger partial charge in [0.05, 0.1) is 26.4 Å². The van der Waals surface area contributed by atoms with Crippen molar-refractivity contribution in [1.82, 2.24) is 0 Å². The van der Waals surface area contributed by atoms with Gasteiger partial charge in [0.2, 0.25) is 0 Å². The third-order valence-electron chi connectivity index (χ3n) is 12.5. The zero-order valence-corrected chi connectivity index (χ0v) is 43.4. The average molecular weight is 945 g/mol. The highest BCUT2D eigenvalue weighted by Crippen LogP contribution is 2.43. The fraction of sp³-hybridized carbons (Fsp3) is 0.926. The largest absolute Gasteiger partial charge is 0.472 e. The molecular formula is C54H105O10P. The van der Waals surface area contributed by atoms with Crippen molar-refractivity contribution >= 4 is 19.8 Å². The lowest BCUT2D eigenvalue weighted by molar-refractivity contribution is -0.153. The van der Waals surface area contributed by atoms with Crippen LogP contribution in [0.5, 0.6) is 0 Å². The Hall–Kier alpha value is -1.29. The lowest BCUT2D eigenvalue weighted by atomic mass is 10.0. The Labute approximate surface area is 400 Å². The lowest BCUT2D eigenvalue weighted by Crippen LogP contribution is -2.28. The maximum absolute atomic E-state index is 12.4. The molecule has 0 aliphatic carbocycles. The SMILES string of the molecule is CCCCCCCCCC/C=C\CCCCCCCCCCCCCC(=O)OC(CO)COP(=O)(O)OCC(CO)OC(=O)CCCCCCCCCCCCCCCCCCCCC. The molecule has 11 heteroatoms. The van der Waals surface area contributed by atoms with Crippen molar-refractivity contribution in [3.63, 3.8) is 0 Å². The minimum atomic E-state index is -4.64. The second-order valence-electron chi connectivity index (χ2n) is 18.9. The average Bonchev–Trinajstić information content (AvgIpc) is 3.30. The molecule has 3 N–H and O–H groups in total. The van der Waals surface area contributed by atoms with Gasteiger partial charge in [-0.25, -0.2) is 4.57 Å². The van der Waals surface area contributed by atoms with E-state index in [1.807, 2.05) is 0 Å². The van der Waals surface area contributed by atoms with E-state index >= 15 is 0 Å². The van der Waals surface area contributed by atoms with E-state index in [1.165, 1.54) is 205 Å². The number of aliphatic hydroxyl groups is 2. The zero-order valence-electron chi connectivity index (χ0n) is 42.5. The number of ether oxygens (including phenoxy) is 2. The highest BCUT2D eigenvalue weighted by Gasteiger charge is 2.27. The molecule has 0 aliphatic heterocycles. The van der Waals surface area contributed by atoms with Gasteiger partial charge < -0.3 is 24.6 Å². The van der Waals surface area contributed by atoms with Gasteiger partial charge in [0, 0.05) is 12.8 Å². The fourth-order valence-electron chi connectivity index (χ4n) is 8.23. The summed E-state index contributed by atoms with van der Waals surface area (Å²) in [5.41, 5.74) is 0. The Morgan fingerprint density at radius 1 is 0.400 bits per heavy atom. The van der Waals surface area contributed by atoms with Crippen LogP contribution in [0.4, 0.5) is 0 Å². The molecule has 3 atom stereocenters. The first-order chi connectivity index (χ1) is 31.8. The third-order valence-corrected chi connectivity index (χ3v) is 13.4. The predicted molar refractivity (Wildman–Crippen MR) is 270 cm³/mol. The normalized spacial score (nSPS) is 13.6. The summed E-state index contributed by atoms with van der Waals surface area (Å²) in [4.78, 5) is 34.7. The number of phosphoric acid groups is 1. The quantitative estimate of drug-likeness (QED) is 0.0233. The van der Waals surface area contributed by atoms with Crippen LogP contribution in [0.2, 0.25) is 0 Å². The molecule has 0 aromatic carbocycles. The maximum atomic E-state index is 12.4. The number of rotatable bonds is 53. The maximum Gasteiger partial charge on any atom is 0.472 e. The Balaban J connectivity index is 3.77. The lowest BCUT2D eigenvalue weighted by Gasteiger charge is -2.20. The molecule has 0 rings (SSSR count). The van der Waals surface area contributed by atoms with Crippen LogP contribution >= 0.6 is 7.82 Å². The Kier molecular flexibility index (Phi) is 49.6. The first kappa shape index (κ1) is 63.7. The van der Waals surface area contributed by atoms with E-state index in [2.05, 4.69) is 26.0 Å². The number of carbonyl (C=O) groups is 2. The summed E-state index contributed by atoms with van der Waals surface area (Å²) < 4.78 is 32.8. The summed E-state index contributed by atoms with van der Waals surface area (Å²) >= 11 is 0. The van der Waals surface area contributed by atoms with Crippen LogP contribution in [0.3, 0.4) is 0 Å². The molecular weight excluding hydrogens is 840 g/mol. The number of esters is 2. The number of hydrogen-bond donors (Lipinski definition) is 3. The highest BCUT2D eigenvalue weighted by atomic mass is 31.2. The van der Waals surface area contributed by atoms with Gasteiger partial charge in [-0.1, -0.05) is 244 Å². The van der Waals surface area contributed by atoms with Crippen LogP contribution in [0.15, 0.2) is 12.2 Å². The zero-order chi connectivity index (χ0) is 47.6. The van der Waals surface area contributed by atoms with Crippen molar-refractivity contribution in [2.75, 3.05) is 26.4 Å². The van der Waals surface area contributed by atoms with E-state index in [0.717, 1.165) is 38.5 Å². The van der Waals surface area contributed by atoms with Gasteiger partial charge >= 0.3 is 19.8 Å².